The van der Waals surface area contributed by atoms with Crippen molar-refractivity contribution < 1.29 is 18.3 Å². The Kier molecular flexibility index (Phi) is 5.43. The Balaban J connectivity index is 1.80. The highest BCUT2D eigenvalue weighted by atomic mass is 32.1. The van der Waals surface area contributed by atoms with Crippen LogP contribution in [0, 0.1) is 18.6 Å². The third kappa shape index (κ3) is 4.49. The molecule has 1 aromatic heterocycles. The van der Waals surface area contributed by atoms with Crippen molar-refractivity contribution in [2.24, 2.45) is 0 Å². The molecule has 118 valence electrons. The van der Waals surface area contributed by atoms with Gasteiger partial charge in [-0.1, -0.05) is 0 Å². The summed E-state index contributed by atoms with van der Waals surface area (Å²) in [5.74, 6) is -2.18. The van der Waals surface area contributed by atoms with Gasteiger partial charge in [-0.2, -0.15) is 0 Å². The van der Waals surface area contributed by atoms with Crippen molar-refractivity contribution in [2.75, 3.05) is 6.54 Å². The zero-order chi connectivity index (χ0) is 16.1. The molecule has 1 atom stereocenters. The van der Waals surface area contributed by atoms with E-state index in [2.05, 4.69) is 10.3 Å². The van der Waals surface area contributed by atoms with Crippen LogP contribution in [0.4, 0.5) is 8.78 Å². The monoisotopic (exact) mass is 326 g/mol. The highest BCUT2D eigenvalue weighted by molar-refractivity contribution is 7.09. The van der Waals surface area contributed by atoms with Gasteiger partial charge in [0.15, 0.2) is 17.7 Å². The minimum atomic E-state index is -1.01. The summed E-state index contributed by atoms with van der Waals surface area (Å²) in [6.07, 6.45) is -0.162. The molecule has 0 radical (unpaired) electrons. The maximum Gasteiger partial charge on any atom is 0.260 e. The number of amides is 1. The van der Waals surface area contributed by atoms with E-state index in [0.29, 0.717) is 13.0 Å². The van der Waals surface area contributed by atoms with Crippen LogP contribution < -0.4 is 10.1 Å². The zero-order valence-electron chi connectivity index (χ0n) is 12.2. The van der Waals surface area contributed by atoms with Gasteiger partial charge in [0.25, 0.3) is 5.91 Å². The molecule has 1 aromatic carbocycles. The van der Waals surface area contributed by atoms with Crippen LogP contribution in [-0.2, 0) is 11.2 Å². The van der Waals surface area contributed by atoms with Crippen molar-refractivity contribution in [3.05, 3.63) is 45.9 Å². The van der Waals surface area contributed by atoms with E-state index >= 15 is 0 Å². The number of aryl methyl sites for hydroxylation is 1. The molecular weight excluding hydrogens is 310 g/mol. The number of carbonyl (C=O) groups excluding carboxylic acids is 1. The van der Waals surface area contributed by atoms with Crippen molar-refractivity contribution in [1.29, 1.82) is 0 Å². The first-order valence-corrected chi connectivity index (χ1v) is 7.64. The number of aromatic nitrogens is 1. The number of hydrogen-bond acceptors (Lipinski definition) is 4. The van der Waals surface area contributed by atoms with Crippen LogP contribution in [0.1, 0.15) is 17.6 Å². The normalized spacial score (nSPS) is 12.0. The predicted molar refractivity (Wildman–Crippen MR) is 80.0 cm³/mol. The Labute approximate surface area is 131 Å². The summed E-state index contributed by atoms with van der Waals surface area (Å²) in [5, 5.41) is 5.62. The smallest absolute Gasteiger partial charge is 0.260 e. The van der Waals surface area contributed by atoms with E-state index in [1.807, 2.05) is 12.3 Å². The molecule has 0 fully saturated rings. The summed E-state index contributed by atoms with van der Waals surface area (Å²) in [6.45, 7) is 3.90. The molecule has 2 aromatic rings. The van der Waals surface area contributed by atoms with Crippen LogP contribution in [0.15, 0.2) is 23.6 Å². The SMILES string of the molecule is Cc1csc(CCNC(=O)C(C)Oc2ccc(F)c(F)c2)n1. The van der Waals surface area contributed by atoms with Gasteiger partial charge in [-0.3, -0.25) is 4.79 Å². The van der Waals surface area contributed by atoms with Gasteiger partial charge in [0.1, 0.15) is 5.75 Å². The molecular formula is C15H16F2N2O2S. The second-order valence-corrected chi connectivity index (χ2v) is 5.70. The van der Waals surface area contributed by atoms with Gasteiger partial charge >= 0.3 is 0 Å². The molecule has 0 saturated heterocycles. The van der Waals surface area contributed by atoms with E-state index in [9.17, 15) is 13.6 Å². The molecule has 4 nitrogen and oxygen atoms in total. The summed E-state index contributed by atoms with van der Waals surface area (Å²) >= 11 is 1.54. The van der Waals surface area contributed by atoms with E-state index in [0.717, 1.165) is 22.8 Å². The molecule has 1 unspecified atom stereocenters. The average molecular weight is 326 g/mol. The Morgan fingerprint density at radius 3 is 2.82 bits per heavy atom. The van der Waals surface area contributed by atoms with Crippen LogP contribution in [-0.4, -0.2) is 23.5 Å². The fraction of sp³-hybridized carbons (Fsp3) is 0.333. The van der Waals surface area contributed by atoms with Gasteiger partial charge in [-0.15, -0.1) is 11.3 Å². The van der Waals surface area contributed by atoms with Gasteiger partial charge in [-0.05, 0) is 26.0 Å². The Bertz CT molecular complexity index is 661. The number of thiazole rings is 1. The van der Waals surface area contributed by atoms with E-state index in [4.69, 9.17) is 4.74 Å². The van der Waals surface area contributed by atoms with Crippen LogP contribution in [0.3, 0.4) is 0 Å². The fourth-order valence-electron chi connectivity index (χ4n) is 1.76. The third-order valence-electron chi connectivity index (χ3n) is 2.88. The molecule has 0 aliphatic rings. The number of hydrogen-bond donors (Lipinski definition) is 1. The molecule has 1 N–H and O–H groups in total. The molecule has 0 aliphatic carbocycles. The topological polar surface area (TPSA) is 51.2 Å². The van der Waals surface area contributed by atoms with Crippen molar-refractivity contribution in [1.82, 2.24) is 10.3 Å². The predicted octanol–water partition coefficient (Wildman–Crippen LogP) is 2.86. The minimum Gasteiger partial charge on any atom is -0.481 e. The average Bonchev–Trinajstić information content (AvgIpc) is 2.88. The molecule has 1 heterocycles. The molecule has 0 saturated carbocycles. The van der Waals surface area contributed by atoms with E-state index in [1.165, 1.54) is 6.07 Å². The summed E-state index contributed by atoms with van der Waals surface area (Å²) in [7, 11) is 0. The minimum absolute atomic E-state index is 0.108. The number of halogens is 2. The van der Waals surface area contributed by atoms with E-state index in [1.54, 1.807) is 18.3 Å². The number of rotatable bonds is 6. The van der Waals surface area contributed by atoms with Crippen molar-refractivity contribution in [2.45, 2.75) is 26.4 Å². The van der Waals surface area contributed by atoms with Gasteiger partial charge in [0.2, 0.25) is 0 Å². The first kappa shape index (κ1) is 16.4. The zero-order valence-corrected chi connectivity index (χ0v) is 13.0. The fourth-order valence-corrected chi connectivity index (χ4v) is 2.54. The number of benzene rings is 1. The van der Waals surface area contributed by atoms with E-state index in [-0.39, 0.29) is 11.7 Å². The van der Waals surface area contributed by atoms with Crippen molar-refractivity contribution in [3.8, 4) is 5.75 Å². The van der Waals surface area contributed by atoms with Gasteiger partial charge in [0, 0.05) is 30.1 Å². The highest BCUT2D eigenvalue weighted by Gasteiger charge is 2.15. The quantitative estimate of drug-likeness (QED) is 0.888. The summed E-state index contributed by atoms with van der Waals surface area (Å²) in [4.78, 5) is 16.2. The van der Waals surface area contributed by atoms with Crippen molar-refractivity contribution >= 4 is 17.2 Å². The number of ether oxygens (including phenoxy) is 1. The maximum atomic E-state index is 13.1. The molecule has 1 amide bonds. The van der Waals surface area contributed by atoms with Crippen LogP contribution >= 0.6 is 11.3 Å². The lowest BCUT2D eigenvalue weighted by Gasteiger charge is -2.14. The third-order valence-corrected chi connectivity index (χ3v) is 3.90. The summed E-state index contributed by atoms with van der Waals surface area (Å²) < 4.78 is 31.2. The van der Waals surface area contributed by atoms with E-state index < -0.39 is 17.7 Å². The summed E-state index contributed by atoms with van der Waals surface area (Å²) in [6, 6.07) is 3.15. The Morgan fingerprint density at radius 1 is 1.41 bits per heavy atom. The molecule has 22 heavy (non-hydrogen) atoms. The van der Waals surface area contributed by atoms with Crippen LogP contribution in [0.5, 0.6) is 5.75 Å². The van der Waals surface area contributed by atoms with Crippen molar-refractivity contribution in [3.63, 3.8) is 0 Å². The maximum absolute atomic E-state index is 13.1. The number of nitrogens with one attached hydrogen (secondary N) is 1. The molecule has 0 aliphatic heterocycles. The first-order chi connectivity index (χ1) is 10.5. The highest BCUT2D eigenvalue weighted by Crippen LogP contribution is 2.16. The Hall–Kier alpha value is -2.02. The second-order valence-electron chi connectivity index (χ2n) is 4.76. The first-order valence-electron chi connectivity index (χ1n) is 6.76. The molecule has 2 rings (SSSR count). The molecule has 0 bridgehead atoms. The van der Waals surface area contributed by atoms with Crippen LogP contribution in [0.2, 0.25) is 0 Å². The molecule has 7 heteroatoms. The second kappa shape index (κ2) is 7.31. The standard InChI is InChI=1S/C15H16F2N2O2S/c1-9-8-22-14(19-9)5-6-18-15(20)10(2)21-11-3-4-12(16)13(17)7-11/h3-4,7-8,10H,5-6H2,1-2H3,(H,18,20). The lowest BCUT2D eigenvalue weighted by Crippen LogP contribution is -2.37. The van der Waals surface area contributed by atoms with Gasteiger partial charge in [0.05, 0.1) is 5.01 Å². The molecule has 0 spiro atoms. The lowest BCUT2D eigenvalue weighted by molar-refractivity contribution is -0.127. The number of carbonyl (C=O) groups is 1. The lowest BCUT2D eigenvalue weighted by atomic mass is 10.3. The van der Waals surface area contributed by atoms with Gasteiger partial charge < -0.3 is 10.1 Å². The summed E-state index contributed by atoms with van der Waals surface area (Å²) in [5.41, 5.74) is 0.960. The largest absolute Gasteiger partial charge is 0.481 e. The van der Waals surface area contributed by atoms with Crippen LogP contribution in [0.25, 0.3) is 0 Å². The van der Waals surface area contributed by atoms with Gasteiger partial charge in [-0.25, -0.2) is 13.8 Å². The Morgan fingerprint density at radius 2 is 2.18 bits per heavy atom. The number of nitrogens with zero attached hydrogens (tertiary/aromatic N) is 1.